The van der Waals surface area contributed by atoms with Crippen LogP contribution in [0.5, 0.6) is 0 Å². The number of allylic oxidation sites excluding steroid dienone is 1. The van der Waals surface area contributed by atoms with E-state index in [0.29, 0.717) is 44.9 Å². The predicted molar refractivity (Wildman–Crippen MR) is 123 cm³/mol. The molecule has 0 aromatic heterocycles. The summed E-state index contributed by atoms with van der Waals surface area (Å²) in [5.41, 5.74) is 2.13. The van der Waals surface area contributed by atoms with Crippen molar-refractivity contribution in [1.29, 1.82) is 0 Å². The lowest BCUT2D eigenvalue weighted by molar-refractivity contribution is -0.138. The SMILES string of the molecule is O=C(CCc1ccc(F)cc1)N1CCC([C@@H]2CC=CCN(Cc3ccccc3)C2=O)CC1. The van der Waals surface area contributed by atoms with Crippen LogP contribution in [-0.2, 0) is 22.6 Å². The Hall–Kier alpha value is -2.95. The highest BCUT2D eigenvalue weighted by molar-refractivity contribution is 5.80. The van der Waals surface area contributed by atoms with Crippen molar-refractivity contribution in [2.45, 2.75) is 38.6 Å². The number of carbonyl (C=O) groups is 2. The summed E-state index contributed by atoms with van der Waals surface area (Å²) < 4.78 is 13.0. The minimum atomic E-state index is -0.257. The lowest BCUT2D eigenvalue weighted by atomic mass is 9.81. The molecule has 4 rings (SSSR count). The molecular formula is C27H31FN2O2. The van der Waals surface area contributed by atoms with Gasteiger partial charge in [-0.3, -0.25) is 9.59 Å². The van der Waals surface area contributed by atoms with Gasteiger partial charge in [0.15, 0.2) is 0 Å². The number of hydrogen-bond acceptors (Lipinski definition) is 2. The first-order chi connectivity index (χ1) is 15.6. The lowest BCUT2D eigenvalue weighted by Gasteiger charge is -2.36. The molecule has 0 N–H and O–H groups in total. The smallest absolute Gasteiger partial charge is 0.226 e. The van der Waals surface area contributed by atoms with E-state index in [1.54, 1.807) is 12.1 Å². The number of halogens is 1. The zero-order chi connectivity index (χ0) is 22.3. The van der Waals surface area contributed by atoms with Gasteiger partial charge in [0.2, 0.25) is 11.8 Å². The fourth-order valence-electron chi connectivity index (χ4n) is 4.82. The molecular weight excluding hydrogens is 403 g/mol. The van der Waals surface area contributed by atoms with Crippen molar-refractivity contribution in [1.82, 2.24) is 9.80 Å². The summed E-state index contributed by atoms with van der Waals surface area (Å²) in [7, 11) is 0. The van der Waals surface area contributed by atoms with Gasteiger partial charge in [-0.15, -0.1) is 0 Å². The molecule has 2 aromatic rings. The lowest BCUT2D eigenvalue weighted by Crippen LogP contribution is -2.44. The molecule has 0 aliphatic carbocycles. The molecule has 2 aromatic carbocycles. The van der Waals surface area contributed by atoms with Crippen LogP contribution < -0.4 is 0 Å². The van der Waals surface area contributed by atoms with Crippen molar-refractivity contribution >= 4 is 11.8 Å². The van der Waals surface area contributed by atoms with Crippen LogP contribution in [0.2, 0.25) is 0 Å². The van der Waals surface area contributed by atoms with Crippen LogP contribution in [0.25, 0.3) is 0 Å². The van der Waals surface area contributed by atoms with Crippen molar-refractivity contribution in [3.8, 4) is 0 Å². The number of hydrogen-bond donors (Lipinski definition) is 0. The summed E-state index contributed by atoms with van der Waals surface area (Å²) in [4.78, 5) is 29.9. The third-order valence-electron chi connectivity index (χ3n) is 6.73. The zero-order valence-electron chi connectivity index (χ0n) is 18.5. The highest BCUT2D eigenvalue weighted by Gasteiger charge is 2.34. The van der Waals surface area contributed by atoms with E-state index in [9.17, 15) is 14.0 Å². The Morgan fingerprint density at radius 3 is 2.38 bits per heavy atom. The molecule has 2 heterocycles. The molecule has 1 atom stereocenters. The van der Waals surface area contributed by atoms with Crippen LogP contribution >= 0.6 is 0 Å². The van der Waals surface area contributed by atoms with Gasteiger partial charge >= 0.3 is 0 Å². The van der Waals surface area contributed by atoms with Crippen LogP contribution in [0.4, 0.5) is 4.39 Å². The summed E-state index contributed by atoms with van der Waals surface area (Å²) in [6, 6.07) is 16.5. The molecule has 0 spiro atoms. The Labute approximate surface area is 189 Å². The van der Waals surface area contributed by atoms with Crippen LogP contribution in [0.15, 0.2) is 66.7 Å². The molecule has 0 unspecified atom stereocenters. The van der Waals surface area contributed by atoms with Crippen molar-refractivity contribution in [3.05, 3.63) is 83.7 Å². The quantitative estimate of drug-likeness (QED) is 0.624. The minimum Gasteiger partial charge on any atom is -0.343 e. The molecule has 168 valence electrons. The van der Waals surface area contributed by atoms with Crippen molar-refractivity contribution in [3.63, 3.8) is 0 Å². The average molecular weight is 435 g/mol. The van der Waals surface area contributed by atoms with Gasteiger partial charge in [0.25, 0.3) is 0 Å². The molecule has 32 heavy (non-hydrogen) atoms. The molecule has 2 amide bonds. The first-order valence-electron chi connectivity index (χ1n) is 11.6. The summed E-state index contributed by atoms with van der Waals surface area (Å²) in [5, 5.41) is 0. The second-order valence-electron chi connectivity index (χ2n) is 8.86. The first kappa shape index (κ1) is 22.3. The predicted octanol–water partition coefficient (Wildman–Crippen LogP) is 4.60. The van der Waals surface area contributed by atoms with Crippen LogP contribution in [-0.4, -0.2) is 41.2 Å². The van der Waals surface area contributed by atoms with E-state index in [4.69, 9.17) is 0 Å². The number of amides is 2. The van der Waals surface area contributed by atoms with E-state index in [-0.39, 0.29) is 23.5 Å². The van der Waals surface area contributed by atoms with E-state index in [2.05, 4.69) is 24.3 Å². The van der Waals surface area contributed by atoms with E-state index in [0.717, 1.165) is 30.4 Å². The van der Waals surface area contributed by atoms with Gasteiger partial charge in [0.05, 0.1) is 0 Å². The number of aryl methyl sites for hydroxylation is 1. The monoisotopic (exact) mass is 434 g/mol. The second-order valence-corrected chi connectivity index (χ2v) is 8.86. The minimum absolute atomic E-state index is 0.00562. The maximum atomic E-state index is 13.3. The maximum absolute atomic E-state index is 13.3. The molecule has 1 fully saturated rings. The zero-order valence-corrected chi connectivity index (χ0v) is 18.5. The highest BCUT2D eigenvalue weighted by atomic mass is 19.1. The topological polar surface area (TPSA) is 40.6 Å². The molecule has 1 saturated heterocycles. The van der Waals surface area contributed by atoms with E-state index < -0.39 is 0 Å². The van der Waals surface area contributed by atoms with E-state index >= 15 is 0 Å². The Bertz CT molecular complexity index is 934. The molecule has 4 nitrogen and oxygen atoms in total. The number of piperidine rings is 1. The number of benzene rings is 2. The van der Waals surface area contributed by atoms with Gasteiger partial charge in [0.1, 0.15) is 5.82 Å². The number of carbonyl (C=O) groups excluding carboxylic acids is 2. The second kappa shape index (κ2) is 10.6. The number of nitrogens with zero attached hydrogens (tertiary/aromatic N) is 2. The normalized spacial score (nSPS) is 19.8. The largest absolute Gasteiger partial charge is 0.343 e. The first-order valence-corrected chi connectivity index (χ1v) is 11.6. The van der Waals surface area contributed by atoms with Crippen molar-refractivity contribution in [2.75, 3.05) is 19.6 Å². The average Bonchev–Trinajstić information content (AvgIpc) is 3.01. The van der Waals surface area contributed by atoms with E-state index in [1.165, 1.54) is 12.1 Å². The standard InChI is InChI=1S/C27H31FN2O2/c28-24-12-9-21(10-13-24)11-14-26(31)29-18-15-23(16-19-29)25-8-4-5-17-30(27(25)32)20-22-6-2-1-3-7-22/h1-7,9-10,12-13,23,25H,8,11,14-20H2/t25-/m0/s1. The maximum Gasteiger partial charge on any atom is 0.226 e. The van der Waals surface area contributed by atoms with Gasteiger partial charge in [-0.1, -0.05) is 54.6 Å². The van der Waals surface area contributed by atoms with Crippen LogP contribution in [0, 0.1) is 17.7 Å². The molecule has 2 aliphatic rings. The Balaban J connectivity index is 1.29. The van der Waals surface area contributed by atoms with Crippen LogP contribution in [0.3, 0.4) is 0 Å². The van der Waals surface area contributed by atoms with Gasteiger partial charge in [-0.05, 0) is 54.9 Å². The Kier molecular flexibility index (Phi) is 7.35. The fourth-order valence-corrected chi connectivity index (χ4v) is 4.82. The summed E-state index contributed by atoms with van der Waals surface area (Å²) >= 11 is 0. The fraction of sp³-hybridized carbons (Fsp3) is 0.407. The van der Waals surface area contributed by atoms with Gasteiger partial charge in [-0.25, -0.2) is 4.39 Å². The summed E-state index contributed by atoms with van der Waals surface area (Å²) in [6.07, 6.45) is 7.83. The van der Waals surface area contributed by atoms with Gasteiger partial charge in [0, 0.05) is 38.5 Å². The Morgan fingerprint density at radius 1 is 0.938 bits per heavy atom. The third-order valence-corrected chi connectivity index (χ3v) is 6.73. The molecule has 0 radical (unpaired) electrons. The molecule has 0 bridgehead atoms. The van der Waals surface area contributed by atoms with Crippen molar-refractivity contribution < 1.29 is 14.0 Å². The van der Waals surface area contributed by atoms with Crippen LogP contribution in [0.1, 0.15) is 36.8 Å². The van der Waals surface area contributed by atoms with Gasteiger partial charge in [-0.2, -0.15) is 0 Å². The van der Waals surface area contributed by atoms with Gasteiger partial charge < -0.3 is 9.80 Å². The Morgan fingerprint density at radius 2 is 1.66 bits per heavy atom. The number of likely N-dealkylation sites (tertiary alicyclic amines) is 1. The van der Waals surface area contributed by atoms with E-state index in [1.807, 2.05) is 28.0 Å². The summed E-state index contributed by atoms with van der Waals surface area (Å²) in [5.74, 6) is 0.427. The molecule has 5 heteroatoms. The summed E-state index contributed by atoms with van der Waals surface area (Å²) in [6.45, 7) is 2.71. The number of rotatable bonds is 6. The molecule has 2 aliphatic heterocycles. The van der Waals surface area contributed by atoms with Crippen molar-refractivity contribution in [2.24, 2.45) is 11.8 Å². The highest BCUT2D eigenvalue weighted by Crippen LogP contribution is 2.31. The third kappa shape index (κ3) is 5.64. The molecule has 0 saturated carbocycles.